The van der Waals surface area contributed by atoms with E-state index >= 15 is 0 Å². The standard InChI is InChI=1S/C17H17N3O3/c1-11-6-8-12(9-7-11)10-19-16(22)13-4-2-3-5-14(13)20-17(23)15(18)21/h2-9H,10H2,1H3,(H2,18,21)(H,19,22)(H,20,23). The molecule has 0 heterocycles. The van der Waals surface area contributed by atoms with Crippen LogP contribution in [0.15, 0.2) is 48.5 Å². The number of amides is 3. The first-order valence-corrected chi connectivity index (χ1v) is 7.01. The maximum absolute atomic E-state index is 12.3. The summed E-state index contributed by atoms with van der Waals surface area (Å²) >= 11 is 0. The number of benzene rings is 2. The molecule has 0 bridgehead atoms. The number of anilines is 1. The van der Waals surface area contributed by atoms with Crippen molar-refractivity contribution in [2.24, 2.45) is 5.73 Å². The van der Waals surface area contributed by atoms with Gasteiger partial charge < -0.3 is 16.4 Å². The molecule has 0 fully saturated rings. The van der Waals surface area contributed by atoms with Crippen LogP contribution >= 0.6 is 0 Å². The zero-order valence-corrected chi connectivity index (χ0v) is 12.6. The molecule has 4 N–H and O–H groups in total. The Morgan fingerprint density at radius 3 is 2.30 bits per heavy atom. The van der Waals surface area contributed by atoms with Gasteiger partial charge in [-0.15, -0.1) is 0 Å². The van der Waals surface area contributed by atoms with Crippen LogP contribution in [0, 0.1) is 6.92 Å². The maximum Gasteiger partial charge on any atom is 0.313 e. The highest BCUT2D eigenvalue weighted by Crippen LogP contribution is 2.15. The Hall–Kier alpha value is -3.15. The van der Waals surface area contributed by atoms with Crippen LogP contribution in [0.2, 0.25) is 0 Å². The maximum atomic E-state index is 12.3. The molecule has 2 rings (SSSR count). The van der Waals surface area contributed by atoms with Crippen LogP contribution in [0.5, 0.6) is 0 Å². The number of aryl methyl sites for hydroxylation is 1. The summed E-state index contributed by atoms with van der Waals surface area (Å²) in [7, 11) is 0. The number of primary amides is 1. The molecule has 118 valence electrons. The molecule has 6 heteroatoms. The zero-order chi connectivity index (χ0) is 16.8. The number of carbonyl (C=O) groups is 3. The van der Waals surface area contributed by atoms with Crippen molar-refractivity contribution in [3.8, 4) is 0 Å². The fourth-order valence-electron chi connectivity index (χ4n) is 1.96. The molecule has 2 aromatic rings. The fourth-order valence-corrected chi connectivity index (χ4v) is 1.96. The highest BCUT2D eigenvalue weighted by Gasteiger charge is 2.15. The third-order valence-electron chi connectivity index (χ3n) is 3.22. The van der Waals surface area contributed by atoms with Gasteiger partial charge in [-0.2, -0.15) is 0 Å². The summed E-state index contributed by atoms with van der Waals surface area (Å²) in [6, 6.07) is 14.2. The molecule has 2 aromatic carbocycles. The molecule has 3 amide bonds. The molecule has 6 nitrogen and oxygen atoms in total. The summed E-state index contributed by atoms with van der Waals surface area (Å²) in [5.41, 5.74) is 7.50. The van der Waals surface area contributed by atoms with Crippen molar-refractivity contribution < 1.29 is 14.4 Å². The minimum Gasteiger partial charge on any atom is -0.361 e. The van der Waals surface area contributed by atoms with Crippen molar-refractivity contribution in [2.75, 3.05) is 5.32 Å². The average molecular weight is 311 g/mol. The molecule has 0 saturated heterocycles. The molecule has 0 unspecified atom stereocenters. The molecule has 0 atom stereocenters. The van der Waals surface area contributed by atoms with Crippen LogP contribution in [0.4, 0.5) is 5.69 Å². The van der Waals surface area contributed by atoms with Crippen LogP contribution in [-0.4, -0.2) is 17.7 Å². The van der Waals surface area contributed by atoms with Crippen molar-refractivity contribution >= 4 is 23.4 Å². The Bertz CT molecular complexity index is 739. The molecule has 0 aliphatic rings. The third-order valence-corrected chi connectivity index (χ3v) is 3.22. The summed E-state index contributed by atoms with van der Waals surface area (Å²) in [5, 5.41) is 5.09. The van der Waals surface area contributed by atoms with E-state index in [9.17, 15) is 14.4 Å². The normalized spacial score (nSPS) is 9.96. The Morgan fingerprint density at radius 2 is 1.65 bits per heavy atom. The smallest absolute Gasteiger partial charge is 0.313 e. The lowest BCUT2D eigenvalue weighted by molar-refractivity contribution is -0.134. The monoisotopic (exact) mass is 311 g/mol. The molecular weight excluding hydrogens is 294 g/mol. The topological polar surface area (TPSA) is 101 Å². The van der Waals surface area contributed by atoms with Gasteiger partial charge in [0.25, 0.3) is 5.91 Å². The van der Waals surface area contributed by atoms with E-state index in [1.165, 1.54) is 6.07 Å². The summed E-state index contributed by atoms with van der Waals surface area (Å²) in [5.74, 6) is -2.44. The first-order chi connectivity index (χ1) is 11.0. The van der Waals surface area contributed by atoms with Gasteiger partial charge in [0.1, 0.15) is 0 Å². The van der Waals surface area contributed by atoms with Gasteiger partial charge in [0, 0.05) is 6.54 Å². The lowest BCUT2D eigenvalue weighted by Gasteiger charge is -2.10. The number of nitrogens with two attached hydrogens (primary N) is 1. The van der Waals surface area contributed by atoms with Crippen LogP contribution in [0.3, 0.4) is 0 Å². The Balaban J connectivity index is 2.08. The number of carbonyl (C=O) groups excluding carboxylic acids is 3. The second-order valence-corrected chi connectivity index (χ2v) is 5.03. The van der Waals surface area contributed by atoms with Crippen LogP contribution in [0.25, 0.3) is 0 Å². The highest BCUT2D eigenvalue weighted by molar-refractivity contribution is 6.39. The minimum absolute atomic E-state index is 0.234. The van der Waals surface area contributed by atoms with E-state index < -0.39 is 11.8 Å². The largest absolute Gasteiger partial charge is 0.361 e. The SMILES string of the molecule is Cc1ccc(CNC(=O)c2ccccc2NC(=O)C(N)=O)cc1. The third kappa shape index (κ3) is 4.41. The van der Waals surface area contributed by atoms with E-state index in [4.69, 9.17) is 5.73 Å². The van der Waals surface area contributed by atoms with E-state index in [-0.39, 0.29) is 17.2 Å². The predicted molar refractivity (Wildman–Crippen MR) is 86.6 cm³/mol. The number of para-hydroxylation sites is 1. The second-order valence-electron chi connectivity index (χ2n) is 5.03. The molecule has 23 heavy (non-hydrogen) atoms. The van der Waals surface area contributed by atoms with E-state index in [0.717, 1.165) is 11.1 Å². The summed E-state index contributed by atoms with van der Waals surface area (Å²) < 4.78 is 0. The first-order valence-electron chi connectivity index (χ1n) is 7.01. The number of hydrogen-bond acceptors (Lipinski definition) is 3. The van der Waals surface area contributed by atoms with Gasteiger partial charge in [0.2, 0.25) is 0 Å². The lowest BCUT2D eigenvalue weighted by atomic mass is 10.1. The molecule has 0 radical (unpaired) electrons. The van der Waals surface area contributed by atoms with Gasteiger partial charge in [-0.3, -0.25) is 14.4 Å². The molecule has 0 aromatic heterocycles. The van der Waals surface area contributed by atoms with Gasteiger partial charge in [-0.25, -0.2) is 0 Å². The van der Waals surface area contributed by atoms with Gasteiger partial charge >= 0.3 is 11.8 Å². The van der Waals surface area contributed by atoms with Crippen molar-refractivity contribution in [1.29, 1.82) is 0 Å². The molecular formula is C17H17N3O3. The predicted octanol–water partition coefficient (Wildman–Crippen LogP) is 1.35. The van der Waals surface area contributed by atoms with E-state index in [1.54, 1.807) is 18.2 Å². The Kier molecular flexibility index (Phi) is 5.09. The number of rotatable bonds is 4. The van der Waals surface area contributed by atoms with Gasteiger partial charge in [-0.1, -0.05) is 42.0 Å². The minimum atomic E-state index is -1.11. The first kappa shape index (κ1) is 16.2. The second kappa shape index (κ2) is 7.22. The van der Waals surface area contributed by atoms with E-state index in [1.807, 2.05) is 31.2 Å². The van der Waals surface area contributed by atoms with Crippen molar-refractivity contribution in [1.82, 2.24) is 5.32 Å². The van der Waals surface area contributed by atoms with Crippen molar-refractivity contribution in [3.63, 3.8) is 0 Å². The number of hydrogen-bond donors (Lipinski definition) is 3. The lowest BCUT2D eigenvalue weighted by Crippen LogP contribution is -2.31. The van der Waals surface area contributed by atoms with E-state index in [2.05, 4.69) is 10.6 Å². The summed E-state index contributed by atoms with van der Waals surface area (Å²) in [4.78, 5) is 34.5. The van der Waals surface area contributed by atoms with Crippen molar-refractivity contribution in [2.45, 2.75) is 13.5 Å². The van der Waals surface area contributed by atoms with Crippen LogP contribution in [-0.2, 0) is 16.1 Å². The van der Waals surface area contributed by atoms with Gasteiger partial charge in [-0.05, 0) is 24.6 Å². The van der Waals surface area contributed by atoms with E-state index in [0.29, 0.717) is 6.54 Å². The zero-order valence-electron chi connectivity index (χ0n) is 12.6. The van der Waals surface area contributed by atoms with Crippen LogP contribution < -0.4 is 16.4 Å². The molecule has 0 aliphatic heterocycles. The molecule has 0 aliphatic carbocycles. The van der Waals surface area contributed by atoms with Crippen molar-refractivity contribution in [3.05, 3.63) is 65.2 Å². The highest BCUT2D eigenvalue weighted by atomic mass is 16.2. The number of nitrogens with one attached hydrogen (secondary N) is 2. The van der Waals surface area contributed by atoms with Crippen LogP contribution in [0.1, 0.15) is 21.5 Å². The molecule has 0 saturated carbocycles. The van der Waals surface area contributed by atoms with Gasteiger partial charge in [0.05, 0.1) is 11.3 Å². The fraction of sp³-hybridized carbons (Fsp3) is 0.118. The summed E-state index contributed by atoms with van der Waals surface area (Å²) in [6.45, 7) is 2.34. The Morgan fingerprint density at radius 1 is 1.00 bits per heavy atom. The van der Waals surface area contributed by atoms with Gasteiger partial charge in [0.15, 0.2) is 0 Å². The Labute approximate surface area is 133 Å². The molecule has 0 spiro atoms. The average Bonchev–Trinajstić information content (AvgIpc) is 2.54. The summed E-state index contributed by atoms with van der Waals surface area (Å²) in [6.07, 6.45) is 0. The quantitative estimate of drug-likeness (QED) is 0.743.